The van der Waals surface area contributed by atoms with Gasteiger partial charge >= 0.3 is 0 Å². The van der Waals surface area contributed by atoms with Crippen LogP contribution in [0.1, 0.15) is 34.1 Å². The molecule has 0 aromatic rings. The number of hydrogen-bond acceptors (Lipinski definition) is 6. The van der Waals surface area contributed by atoms with E-state index in [4.69, 9.17) is 0 Å². The normalized spacial score (nSPS) is 20.2. The van der Waals surface area contributed by atoms with Crippen molar-refractivity contribution in [1.82, 2.24) is 0 Å². The fraction of sp³-hybridized carbons (Fsp3) is 0.538. The number of Topliss-reactive ketones (excluding diaryl/α,β-unsaturated/α-hetero) is 6. The second-order valence-corrected chi connectivity index (χ2v) is 4.87. The Kier molecular flexibility index (Phi) is 3.41. The summed E-state index contributed by atoms with van der Waals surface area (Å²) in [6, 6.07) is 0. The molecule has 0 saturated heterocycles. The van der Waals surface area contributed by atoms with E-state index in [1.54, 1.807) is 0 Å². The molecule has 1 rings (SSSR count). The van der Waals surface area contributed by atoms with Crippen LogP contribution in [-0.2, 0) is 28.8 Å². The molecule has 0 spiro atoms. The minimum absolute atomic E-state index is 0.674. The monoisotopic (exact) mass is 266 g/mol. The summed E-state index contributed by atoms with van der Waals surface area (Å²) in [5, 5.41) is 0. The highest BCUT2D eigenvalue weighted by Gasteiger charge is 2.69. The van der Waals surface area contributed by atoms with E-state index in [1.165, 1.54) is 0 Å². The Morgan fingerprint density at radius 2 is 0.895 bits per heavy atom. The minimum Gasteiger partial charge on any atom is -0.298 e. The summed E-state index contributed by atoms with van der Waals surface area (Å²) in [7, 11) is 0. The fourth-order valence-electron chi connectivity index (χ4n) is 2.58. The molecule has 0 amide bonds. The van der Waals surface area contributed by atoms with Crippen molar-refractivity contribution in [2.24, 2.45) is 10.8 Å². The van der Waals surface area contributed by atoms with Gasteiger partial charge in [0, 0.05) is 6.42 Å². The lowest BCUT2D eigenvalue weighted by atomic mass is 9.71. The van der Waals surface area contributed by atoms with Gasteiger partial charge in [0.05, 0.1) is 0 Å². The maximum atomic E-state index is 12.0. The standard InChI is InChI=1S/C13H14O6/c1-6(14)12(7(2)15)5-13(8(3)16,9(4)17)11(19)10(12)18/h5H2,1-4H3. The molecule has 0 N–H and O–H groups in total. The van der Waals surface area contributed by atoms with Gasteiger partial charge in [-0.25, -0.2) is 0 Å². The fourth-order valence-corrected chi connectivity index (χ4v) is 2.58. The van der Waals surface area contributed by atoms with Gasteiger partial charge in [-0.05, 0) is 27.7 Å². The largest absolute Gasteiger partial charge is 0.298 e. The van der Waals surface area contributed by atoms with Crippen molar-refractivity contribution in [2.75, 3.05) is 0 Å². The summed E-state index contributed by atoms with van der Waals surface area (Å²) in [5.41, 5.74) is -4.37. The van der Waals surface area contributed by atoms with Gasteiger partial charge in [-0.1, -0.05) is 0 Å². The first-order valence-corrected chi connectivity index (χ1v) is 5.68. The topological polar surface area (TPSA) is 102 Å². The molecule has 0 radical (unpaired) electrons. The van der Waals surface area contributed by atoms with Crippen LogP contribution in [0.2, 0.25) is 0 Å². The van der Waals surface area contributed by atoms with Crippen molar-refractivity contribution in [1.29, 1.82) is 0 Å². The van der Waals surface area contributed by atoms with Crippen LogP contribution in [0.25, 0.3) is 0 Å². The van der Waals surface area contributed by atoms with Crippen LogP contribution >= 0.6 is 0 Å². The van der Waals surface area contributed by atoms with Gasteiger partial charge < -0.3 is 0 Å². The molecule has 0 aromatic heterocycles. The summed E-state index contributed by atoms with van der Waals surface area (Å²) >= 11 is 0. The van der Waals surface area contributed by atoms with E-state index in [9.17, 15) is 28.8 Å². The summed E-state index contributed by atoms with van der Waals surface area (Å²) in [5.74, 6) is -5.77. The SMILES string of the molecule is CC(=O)C1(C(C)=O)CC(C(C)=O)(C(C)=O)C(=O)C1=O. The number of carbonyl (C=O) groups excluding carboxylic acids is 6. The van der Waals surface area contributed by atoms with Gasteiger partial charge in [0.15, 0.2) is 34.0 Å². The quantitative estimate of drug-likeness (QED) is 0.518. The van der Waals surface area contributed by atoms with Gasteiger partial charge in [-0.15, -0.1) is 0 Å². The average molecular weight is 266 g/mol. The zero-order valence-corrected chi connectivity index (χ0v) is 11.2. The molecule has 0 bridgehead atoms. The zero-order valence-electron chi connectivity index (χ0n) is 11.2. The first-order valence-electron chi connectivity index (χ1n) is 5.68. The number of hydrogen-bond donors (Lipinski definition) is 0. The number of carbonyl (C=O) groups is 6. The van der Waals surface area contributed by atoms with Crippen LogP contribution in [0.5, 0.6) is 0 Å². The predicted octanol–water partition coefficient (Wildman–Crippen LogP) is -0.143. The Morgan fingerprint density at radius 1 is 0.684 bits per heavy atom. The molecule has 6 nitrogen and oxygen atoms in total. The van der Waals surface area contributed by atoms with Gasteiger partial charge in [-0.2, -0.15) is 0 Å². The minimum atomic E-state index is -2.19. The van der Waals surface area contributed by atoms with E-state index >= 15 is 0 Å². The third-order valence-corrected chi connectivity index (χ3v) is 3.92. The lowest BCUT2D eigenvalue weighted by Crippen LogP contribution is -2.42. The van der Waals surface area contributed by atoms with Crippen molar-refractivity contribution in [2.45, 2.75) is 34.1 Å². The van der Waals surface area contributed by atoms with Crippen molar-refractivity contribution in [3.8, 4) is 0 Å². The Morgan fingerprint density at radius 3 is 1.00 bits per heavy atom. The molecule has 102 valence electrons. The van der Waals surface area contributed by atoms with Crippen molar-refractivity contribution >= 4 is 34.7 Å². The third kappa shape index (κ3) is 1.63. The van der Waals surface area contributed by atoms with Crippen LogP contribution in [0.15, 0.2) is 0 Å². The van der Waals surface area contributed by atoms with Crippen LogP contribution in [0, 0.1) is 10.8 Å². The Balaban J connectivity index is 3.65. The molecule has 1 aliphatic carbocycles. The molecule has 19 heavy (non-hydrogen) atoms. The molecule has 6 heteroatoms. The second-order valence-electron chi connectivity index (χ2n) is 4.87. The van der Waals surface area contributed by atoms with E-state index in [-0.39, 0.29) is 0 Å². The van der Waals surface area contributed by atoms with E-state index in [0.29, 0.717) is 0 Å². The van der Waals surface area contributed by atoms with Gasteiger partial charge in [0.2, 0.25) is 11.6 Å². The molecule has 0 aromatic carbocycles. The third-order valence-electron chi connectivity index (χ3n) is 3.92. The van der Waals surface area contributed by atoms with Crippen LogP contribution in [0.3, 0.4) is 0 Å². The summed E-state index contributed by atoms with van der Waals surface area (Å²) in [4.78, 5) is 70.8. The highest BCUT2D eigenvalue weighted by Crippen LogP contribution is 2.47. The number of rotatable bonds is 4. The second kappa shape index (κ2) is 4.29. The molecule has 0 unspecified atom stereocenters. The zero-order chi connectivity index (χ0) is 15.2. The van der Waals surface area contributed by atoms with Gasteiger partial charge in [0.1, 0.15) is 0 Å². The first kappa shape index (κ1) is 15.1. The lowest BCUT2D eigenvalue weighted by molar-refractivity contribution is -0.151. The summed E-state index contributed by atoms with van der Waals surface area (Å²) in [6.45, 7) is 4.01. The van der Waals surface area contributed by atoms with Crippen molar-refractivity contribution in [3.05, 3.63) is 0 Å². The van der Waals surface area contributed by atoms with E-state index in [0.717, 1.165) is 27.7 Å². The lowest BCUT2D eigenvalue weighted by Gasteiger charge is -2.24. The average Bonchev–Trinajstić information content (AvgIpc) is 2.51. The first-order chi connectivity index (χ1) is 8.55. The van der Waals surface area contributed by atoms with Crippen LogP contribution in [-0.4, -0.2) is 34.7 Å². The maximum absolute atomic E-state index is 12.0. The van der Waals surface area contributed by atoms with E-state index in [1.807, 2.05) is 0 Å². The molecular formula is C13H14O6. The molecule has 0 atom stereocenters. The van der Waals surface area contributed by atoms with Gasteiger partial charge in [0.25, 0.3) is 0 Å². The van der Waals surface area contributed by atoms with E-state index < -0.39 is 52.0 Å². The summed E-state index contributed by atoms with van der Waals surface area (Å²) in [6.07, 6.45) is -0.674. The summed E-state index contributed by atoms with van der Waals surface area (Å²) < 4.78 is 0. The Labute approximate surface area is 109 Å². The van der Waals surface area contributed by atoms with Gasteiger partial charge in [-0.3, -0.25) is 28.8 Å². The Hall–Kier alpha value is -1.98. The maximum Gasteiger partial charge on any atom is 0.220 e. The van der Waals surface area contributed by atoms with E-state index in [2.05, 4.69) is 0 Å². The predicted molar refractivity (Wildman–Crippen MR) is 62.2 cm³/mol. The Bertz CT molecular complexity index is 463. The van der Waals surface area contributed by atoms with Crippen LogP contribution in [0.4, 0.5) is 0 Å². The van der Waals surface area contributed by atoms with Crippen LogP contribution < -0.4 is 0 Å². The smallest absolute Gasteiger partial charge is 0.220 e. The molecule has 1 saturated carbocycles. The highest BCUT2D eigenvalue weighted by atomic mass is 16.2. The highest BCUT2D eigenvalue weighted by molar-refractivity contribution is 6.58. The van der Waals surface area contributed by atoms with Crippen molar-refractivity contribution < 1.29 is 28.8 Å². The molecule has 0 aliphatic heterocycles. The van der Waals surface area contributed by atoms with Crippen molar-refractivity contribution in [3.63, 3.8) is 0 Å². The molecule has 0 heterocycles. The number of ketones is 6. The molecule has 1 aliphatic rings. The molecule has 1 fully saturated rings. The molecular weight excluding hydrogens is 252 g/mol.